The summed E-state index contributed by atoms with van der Waals surface area (Å²) in [4.78, 5) is 0. The van der Waals surface area contributed by atoms with Crippen LogP contribution in [0.2, 0.25) is 0 Å². The van der Waals surface area contributed by atoms with Crippen molar-refractivity contribution in [3.63, 3.8) is 0 Å². The summed E-state index contributed by atoms with van der Waals surface area (Å²) in [5, 5.41) is 0. The fourth-order valence-electron chi connectivity index (χ4n) is 4.24. The first-order valence-electron chi connectivity index (χ1n) is 8.08. The van der Waals surface area contributed by atoms with Crippen molar-refractivity contribution in [2.45, 2.75) is 44.9 Å². The van der Waals surface area contributed by atoms with Crippen molar-refractivity contribution < 1.29 is 0 Å². The third-order valence-corrected chi connectivity index (χ3v) is 5.28. The van der Waals surface area contributed by atoms with Gasteiger partial charge in [0, 0.05) is 5.41 Å². The third kappa shape index (κ3) is 1.82. The third-order valence-electron chi connectivity index (χ3n) is 5.28. The second-order valence-corrected chi connectivity index (χ2v) is 6.75. The Balaban J connectivity index is 2.04. The molecule has 2 aliphatic rings. The maximum atomic E-state index is 2.43. The van der Waals surface area contributed by atoms with E-state index >= 15 is 0 Å². The number of allylic oxidation sites excluding steroid dienone is 2. The first kappa shape index (κ1) is 12.9. The van der Waals surface area contributed by atoms with Crippen LogP contribution >= 0.6 is 0 Å². The Morgan fingerprint density at radius 2 is 1.43 bits per heavy atom. The number of hydrogen-bond donors (Lipinski definition) is 0. The van der Waals surface area contributed by atoms with E-state index < -0.39 is 0 Å². The van der Waals surface area contributed by atoms with Gasteiger partial charge in [-0.25, -0.2) is 0 Å². The molecule has 0 N–H and O–H groups in total. The number of rotatable bonds is 0. The van der Waals surface area contributed by atoms with E-state index in [1.807, 2.05) is 0 Å². The fraction of sp³-hybridized carbons (Fsp3) is 0.333. The molecule has 0 fully saturated rings. The van der Waals surface area contributed by atoms with Gasteiger partial charge in [-0.15, -0.1) is 0 Å². The Labute approximate surface area is 127 Å². The Bertz CT molecular complexity index is 682. The van der Waals surface area contributed by atoms with Crippen LogP contribution in [0.5, 0.6) is 0 Å². The van der Waals surface area contributed by atoms with Crippen LogP contribution < -0.4 is 0 Å². The minimum atomic E-state index is 0.218. The molecule has 106 valence electrons. The van der Waals surface area contributed by atoms with Crippen LogP contribution in [0.1, 0.15) is 47.9 Å². The molecular formula is C21H22. The zero-order chi connectivity index (χ0) is 14.4. The maximum absolute atomic E-state index is 2.43. The molecular weight excluding hydrogens is 252 g/mol. The van der Waals surface area contributed by atoms with E-state index in [9.17, 15) is 0 Å². The van der Waals surface area contributed by atoms with E-state index in [0.717, 1.165) is 6.42 Å². The summed E-state index contributed by atoms with van der Waals surface area (Å²) in [7, 11) is 0. The van der Waals surface area contributed by atoms with Gasteiger partial charge in [0.25, 0.3) is 0 Å². The standard InChI is InChI=1S/C21H22/c1-15-7-9-17-18-10-8-16(2)14-20(18)21(19(17)13-15)11-5-3-4-6-12-21/h3,5,7-10,13-14H,4,6,11-12H2,1-2H3. The highest BCUT2D eigenvalue weighted by Crippen LogP contribution is 2.54. The van der Waals surface area contributed by atoms with Gasteiger partial charge in [0.2, 0.25) is 0 Å². The lowest BCUT2D eigenvalue weighted by Gasteiger charge is -2.30. The first-order chi connectivity index (χ1) is 10.2. The molecule has 0 amide bonds. The van der Waals surface area contributed by atoms with Gasteiger partial charge in [0.1, 0.15) is 0 Å². The molecule has 1 spiro atoms. The largest absolute Gasteiger partial charge is 0.0885 e. The van der Waals surface area contributed by atoms with Crippen LogP contribution in [0.15, 0.2) is 48.6 Å². The Kier molecular flexibility index (Phi) is 2.82. The van der Waals surface area contributed by atoms with Crippen LogP contribution in [0.3, 0.4) is 0 Å². The number of benzene rings is 2. The molecule has 0 saturated heterocycles. The summed E-state index contributed by atoms with van der Waals surface area (Å²) in [6.45, 7) is 4.43. The highest BCUT2D eigenvalue weighted by molar-refractivity contribution is 5.81. The van der Waals surface area contributed by atoms with Crippen molar-refractivity contribution in [3.05, 3.63) is 70.8 Å². The van der Waals surface area contributed by atoms with Crippen molar-refractivity contribution in [3.8, 4) is 11.1 Å². The molecule has 0 atom stereocenters. The second kappa shape index (κ2) is 4.59. The van der Waals surface area contributed by atoms with Crippen molar-refractivity contribution in [1.29, 1.82) is 0 Å². The van der Waals surface area contributed by atoms with Crippen molar-refractivity contribution >= 4 is 0 Å². The van der Waals surface area contributed by atoms with Gasteiger partial charge < -0.3 is 0 Å². The molecule has 0 aliphatic heterocycles. The minimum Gasteiger partial charge on any atom is -0.0885 e. The molecule has 0 radical (unpaired) electrons. The number of fused-ring (bicyclic) bond motifs is 5. The molecule has 0 heteroatoms. The smallest absolute Gasteiger partial charge is 0.0249 e. The van der Waals surface area contributed by atoms with Crippen LogP contribution in [-0.4, -0.2) is 0 Å². The van der Waals surface area contributed by atoms with Gasteiger partial charge in [-0.1, -0.05) is 59.7 Å². The number of aryl methyl sites for hydroxylation is 2. The van der Waals surface area contributed by atoms with E-state index in [4.69, 9.17) is 0 Å². The zero-order valence-electron chi connectivity index (χ0n) is 12.9. The highest BCUT2D eigenvalue weighted by Gasteiger charge is 2.42. The molecule has 2 aliphatic carbocycles. The van der Waals surface area contributed by atoms with Gasteiger partial charge in [0.05, 0.1) is 0 Å². The van der Waals surface area contributed by atoms with Crippen LogP contribution in [0, 0.1) is 13.8 Å². The number of hydrogen-bond acceptors (Lipinski definition) is 0. The van der Waals surface area contributed by atoms with Crippen molar-refractivity contribution in [1.82, 2.24) is 0 Å². The van der Waals surface area contributed by atoms with E-state index in [2.05, 4.69) is 62.4 Å². The van der Waals surface area contributed by atoms with E-state index in [1.54, 1.807) is 11.1 Å². The van der Waals surface area contributed by atoms with Gasteiger partial charge in [-0.05, 0) is 61.8 Å². The maximum Gasteiger partial charge on any atom is 0.0249 e. The van der Waals surface area contributed by atoms with Crippen LogP contribution in [0.4, 0.5) is 0 Å². The van der Waals surface area contributed by atoms with E-state index in [0.29, 0.717) is 0 Å². The predicted molar refractivity (Wildman–Crippen MR) is 89.7 cm³/mol. The topological polar surface area (TPSA) is 0 Å². The Hall–Kier alpha value is -1.82. The van der Waals surface area contributed by atoms with E-state index in [1.165, 1.54) is 41.5 Å². The molecule has 0 bridgehead atoms. The summed E-state index contributed by atoms with van der Waals surface area (Å²) in [5.41, 5.74) is 9.04. The molecule has 2 aromatic rings. The summed E-state index contributed by atoms with van der Waals surface area (Å²) in [6.07, 6.45) is 9.72. The molecule has 0 heterocycles. The quantitative estimate of drug-likeness (QED) is 0.540. The monoisotopic (exact) mass is 274 g/mol. The zero-order valence-corrected chi connectivity index (χ0v) is 12.9. The van der Waals surface area contributed by atoms with E-state index in [-0.39, 0.29) is 5.41 Å². The lowest BCUT2D eigenvalue weighted by Crippen LogP contribution is -2.24. The van der Waals surface area contributed by atoms with Crippen molar-refractivity contribution in [2.75, 3.05) is 0 Å². The average Bonchev–Trinajstić information content (AvgIpc) is 2.65. The SMILES string of the molecule is Cc1ccc2c(c1)C1(CC=CCCC1)c1cc(C)ccc1-2. The Morgan fingerprint density at radius 1 is 0.810 bits per heavy atom. The molecule has 0 aromatic heterocycles. The van der Waals surface area contributed by atoms with Crippen LogP contribution in [-0.2, 0) is 5.41 Å². The lowest BCUT2D eigenvalue weighted by molar-refractivity contribution is 0.482. The molecule has 0 saturated carbocycles. The molecule has 4 rings (SSSR count). The van der Waals surface area contributed by atoms with Crippen LogP contribution in [0.25, 0.3) is 11.1 Å². The average molecular weight is 274 g/mol. The van der Waals surface area contributed by atoms with Gasteiger partial charge in [-0.3, -0.25) is 0 Å². The predicted octanol–water partition coefficient (Wildman–Crippen LogP) is 5.70. The molecule has 21 heavy (non-hydrogen) atoms. The van der Waals surface area contributed by atoms with Crippen molar-refractivity contribution in [2.24, 2.45) is 0 Å². The molecule has 2 aromatic carbocycles. The summed E-state index contributed by atoms with van der Waals surface area (Å²) < 4.78 is 0. The summed E-state index contributed by atoms with van der Waals surface area (Å²) in [5.74, 6) is 0. The highest BCUT2D eigenvalue weighted by atomic mass is 14.4. The fourth-order valence-corrected chi connectivity index (χ4v) is 4.24. The van der Waals surface area contributed by atoms with Gasteiger partial charge >= 0.3 is 0 Å². The second-order valence-electron chi connectivity index (χ2n) is 6.75. The lowest BCUT2D eigenvalue weighted by atomic mass is 9.72. The van der Waals surface area contributed by atoms with Gasteiger partial charge in [-0.2, -0.15) is 0 Å². The first-order valence-corrected chi connectivity index (χ1v) is 8.08. The Morgan fingerprint density at radius 3 is 2.05 bits per heavy atom. The summed E-state index contributed by atoms with van der Waals surface area (Å²) in [6, 6.07) is 14.1. The minimum absolute atomic E-state index is 0.218. The molecule has 0 unspecified atom stereocenters. The molecule has 0 nitrogen and oxygen atoms in total. The van der Waals surface area contributed by atoms with Gasteiger partial charge in [0.15, 0.2) is 0 Å². The normalized spacial score (nSPS) is 18.4. The summed E-state index contributed by atoms with van der Waals surface area (Å²) >= 11 is 0.